The first-order valence-electron chi connectivity index (χ1n) is 6.10. The molecule has 0 saturated carbocycles. The zero-order chi connectivity index (χ0) is 12.8. The highest BCUT2D eigenvalue weighted by atomic mass is 16.3. The Morgan fingerprint density at radius 1 is 1.00 bits per heavy atom. The van der Waals surface area contributed by atoms with Gasteiger partial charge in [0.2, 0.25) is 0 Å². The van der Waals surface area contributed by atoms with Crippen molar-refractivity contribution in [1.29, 1.82) is 0 Å². The van der Waals surface area contributed by atoms with Crippen LogP contribution in [0, 0.1) is 0 Å². The molecule has 0 unspecified atom stereocenters. The van der Waals surface area contributed by atoms with Gasteiger partial charge in [-0.2, -0.15) is 0 Å². The van der Waals surface area contributed by atoms with Gasteiger partial charge in [0.15, 0.2) is 0 Å². The number of rotatable bonds is 4. The SMILES string of the molecule is CC(=NCCc1ccc(O)cc1)c1ccccc1. The average Bonchev–Trinajstić information content (AvgIpc) is 2.42. The van der Waals surface area contributed by atoms with E-state index in [9.17, 15) is 5.11 Å². The lowest BCUT2D eigenvalue weighted by Gasteiger charge is -2.02. The van der Waals surface area contributed by atoms with Gasteiger partial charge in [-0.15, -0.1) is 0 Å². The largest absolute Gasteiger partial charge is 0.508 e. The van der Waals surface area contributed by atoms with E-state index in [4.69, 9.17) is 0 Å². The molecule has 0 spiro atoms. The molecule has 0 aliphatic heterocycles. The van der Waals surface area contributed by atoms with E-state index in [0.29, 0.717) is 5.75 Å². The molecular formula is C16H17NO. The van der Waals surface area contributed by atoms with Crippen molar-refractivity contribution in [2.45, 2.75) is 13.3 Å². The number of aromatic hydroxyl groups is 1. The van der Waals surface area contributed by atoms with Gasteiger partial charge in [0.1, 0.15) is 5.75 Å². The standard InChI is InChI=1S/C16H17NO/c1-13(15-5-3-2-4-6-15)17-12-11-14-7-9-16(18)10-8-14/h2-10,18H,11-12H2,1H3. The zero-order valence-corrected chi connectivity index (χ0v) is 10.5. The van der Waals surface area contributed by atoms with Gasteiger partial charge in [0.25, 0.3) is 0 Å². The summed E-state index contributed by atoms with van der Waals surface area (Å²) in [6.45, 7) is 2.80. The number of phenolic OH excluding ortho intramolecular Hbond substituents is 1. The van der Waals surface area contributed by atoms with Gasteiger partial charge < -0.3 is 5.11 Å². The Bertz CT molecular complexity index is 515. The minimum atomic E-state index is 0.308. The number of aliphatic imine (C=N–C) groups is 1. The first kappa shape index (κ1) is 12.4. The normalized spacial score (nSPS) is 11.5. The topological polar surface area (TPSA) is 32.6 Å². The van der Waals surface area contributed by atoms with Crippen molar-refractivity contribution in [3.63, 3.8) is 0 Å². The molecule has 2 heteroatoms. The average molecular weight is 239 g/mol. The van der Waals surface area contributed by atoms with E-state index in [0.717, 1.165) is 18.7 Å². The molecule has 0 aliphatic rings. The quantitative estimate of drug-likeness (QED) is 0.814. The molecule has 2 nitrogen and oxygen atoms in total. The second-order valence-corrected chi connectivity index (χ2v) is 4.25. The second kappa shape index (κ2) is 6.01. The van der Waals surface area contributed by atoms with Crippen LogP contribution < -0.4 is 0 Å². The van der Waals surface area contributed by atoms with E-state index in [2.05, 4.69) is 17.1 Å². The van der Waals surface area contributed by atoms with Crippen LogP contribution in [0.3, 0.4) is 0 Å². The van der Waals surface area contributed by atoms with Gasteiger partial charge in [-0.3, -0.25) is 4.99 Å². The molecule has 0 aromatic heterocycles. The molecule has 0 fully saturated rings. The number of phenols is 1. The molecule has 0 heterocycles. The minimum absolute atomic E-state index is 0.308. The first-order chi connectivity index (χ1) is 8.75. The van der Waals surface area contributed by atoms with E-state index in [1.165, 1.54) is 11.1 Å². The smallest absolute Gasteiger partial charge is 0.115 e. The van der Waals surface area contributed by atoms with E-state index in [1.807, 2.05) is 37.3 Å². The number of benzene rings is 2. The lowest BCUT2D eigenvalue weighted by molar-refractivity contribution is 0.475. The Balaban J connectivity index is 1.93. The van der Waals surface area contributed by atoms with Crippen LogP contribution >= 0.6 is 0 Å². The predicted octanol–water partition coefficient (Wildman–Crippen LogP) is 3.44. The number of nitrogens with zero attached hydrogens (tertiary/aromatic N) is 1. The van der Waals surface area contributed by atoms with Crippen molar-refractivity contribution in [3.8, 4) is 5.75 Å². The molecule has 0 radical (unpaired) electrons. The van der Waals surface area contributed by atoms with E-state index in [1.54, 1.807) is 12.1 Å². The third kappa shape index (κ3) is 3.45. The Morgan fingerprint density at radius 2 is 1.67 bits per heavy atom. The van der Waals surface area contributed by atoms with E-state index in [-0.39, 0.29) is 0 Å². The molecule has 0 atom stereocenters. The summed E-state index contributed by atoms with van der Waals surface area (Å²) >= 11 is 0. The Kier molecular flexibility index (Phi) is 4.13. The third-order valence-electron chi connectivity index (χ3n) is 2.88. The Hall–Kier alpha value is -2.09. The van der Waals surface area contributed by atoms with Gasteiger partial charge in [-0.05, 0) is 36.6 Å². The van der Waals surface area contributed by atoms with Crippen molar-refractivity contribution in [1.82, 2.24) is 0 Å². The molecule has 2 rings (SSSR count). The molecule has 18 heavy (non-hydrogen) atoms. The van der Waals surface area contributed by atoms with Crippen LogP contribution in [0.5, 0.6) is 5.75 Å². The minimum Gasteiger partial charge on any atom is -0.508 e. The van der Waals surface area contributed by atoms with E-state index < -0.39 is 0 Å². The second-order valence-electron chi connectivity index (χ2n) is 4.25. The Labute approximate surface area is 108 Å². The van der Waals surface area contributed by atoms with Crippen LogP contribution in [-0.2, 0) is 6.42 Å². The maximum absolute atomic E-state index is 9.19. The molecular weight excluding hydrogens is 222 g/mol. The first-order valence-corrected chi connectivity index (χ1v) is 6.10. The van der Waals surface area contributed by atoms with Gasteiger partial charge in [-0.25, -0.2) is 0 Å². The summed E-state index contributed by atoms with van der Waals surface area (Å²) in [4.78, 5) is 4.57. The molecule has 2 aromatic carbocycles. The van der Waals surface area contributed by atoms with Crippen LogP contribution in [0.2, 0.25) is 0 Å². The third-order valence-corrected chi connectivity index (χ3v) is 2.88. The monoisotopic (exact) mass is 239 g/mol. The molecule has 0 bridgehead atoms. The maximum atomic E-state index is 9.19. The Morgan fingerprint density at radius 3 is 2.33 bits per heavy atom. The summed E-state index contributed by atoms with van der Waals surface area (Å²) in [6, 6.07) is 17.5. The fraction of sp³-hybridized carbons (Fsp3) is 0.188. The highest BCUT2D eigenvalue weighted by Gasteiger charge is 1.96. The molecule has 2 aromatic rings. The fourth-order valence-electron chi connectivity index (χ4n) is 1.79. The highest BCUT2D eigenvalue weighted by molar-refractivity contribution is 5.98. The van der Waals surface area contributed by atoms with Crippen LogP contribution in [0.15, 0.2) is 59.6 Å². The van der Waals surface area contributed by atoms with E-state index >= 15 is 0 Å². The van der Waals surface area contributed by atoms with Crippen molar-refractivity contribution in [2.75, 3.05) is 6.54 Å². The summed E-state index contributed by atoms with van der Waals surface area (Å²) in [5.41, 5.74) is 3.43. The molecule has 92 valence electrons. The predicted molar refractivity (Wildman–Crippen MR) is 75.3 cm³/mol. The van der Waals surface area contributed by atoms with Crippen LogP contribution in [-0.4, -0.2) is 17.4 Å². The summed E-state index contributed by atoms with van der Waals surface area (Å²) in [6.07, 6.45) is 0.893. The van der Waals surface area contributed by atoms with Crippen LogP contribution in [0.1, 0.15) is 18.1 Å². The van der Waals surface area contributed by atoms with Crippen molar-refractivity contribution >= 4 is 5.71 Å². The summed E-state index contributed by atoms with van der Waals surface area (Å²) in [7, 11) is 0. The van der Waals surface area contributed by atoms with Gasteiger partial charge in [0, 0.05) is 12.3 Å². The number of hydrogen-bond acceptors (Lipinski definition) is 2. The summed E-state index contributed by atoms with van der Waals surface area (Å²) in [5, 5.41) is 9.19. The van der Waals surface area contributed by atoms with Crippen LogP contribution in [0.4, 0.5) is 0 Å². The van der Waals surface area contributed by atoms with Crippen molar-refractivity contribution in [3.05, 3.63) is 65.7 Å². The van der Waals surface area contributed by atoms with Gasteiger partial charge in [0.05, 0.1) is 0 Å². The zero-order valence-electron chi connectivity index (χ0n) is 10.5. The molecule has 0 amide bonds. The summed E-state index contributed by atoms with van der Waals surface area (Å²) in [5.74, 6) is 0.308. The van der Waals surface area contributed by atoms with Gasteiger partial charge in [-0.1, -0.05) is 42.5 Å². The molecule has 0 aliphatic carbocycles. The fourth-order valence-corrected chi connectivity index (χ4v) is 1.79. The number of hydrogen-bond donors (Lipinski definition) is 1. The lowest BCUT2D eigenvalue weighted by Crippen LogP contribution is -1.97. The molecule has 0 saturated heterocycles. The lowest BCUT2D eigenvalue weighted by atomic mass is 10.1. The van der Waals surface area contributed by atoms with Gasteiger partial charge >= 0.3 is 0 Å². The maximum Gasteiger partial charge on any atom is 0.115 e. The van der Waals surface area contributed by atoms with Crippen LogP contribution in [0.25, 0.3) is 0 Å². The van der Waals surface area contributed by atoms with Crippen molar-refractivity contribution in [2.24, 2.45) is 4.99 Å². The summed E-state index contributed by atoms with van der Waals surface area (Å²) < 4.78 is 0. The molecule has 1 N–H and O–H groups in total. The highest BCUT2D eigenvalue weighted by Crippen LogP contribution is 2.10. The van der Waals surface area contributed by atoms with Crippen molar-refractivity contribution < 1.29 is 5.11 Å².